The first kappa shape index (κ1) is 16.8. The molecule has 1 aromatic rings. The van der Waals surface area contributed by atoms with E-state index in [-0.39, 0.29) is 0 Å². The molecule has 1 rings (SSSR count). The summed E-state index contributed by atoms with van der Waals surface area (Å²) in [6.07, 6.45) is 1.13. The highest BCUT2D eigenvalue weighted by atomic mass is 79.9. The van der Waals surface area contributed by atoms with Crippen molar-refractivity contribution in [2.45, 2.75) is 26.3 Å². The Hall–Kier alpha value is -0.290. The van der Waals surface area contributed by atoms with Crippen LogP contribution >= 0.6 is 27.5 Å². The minimum Gasteiger partial charge on any atom is -0.490 e. The zero-order valence-corrected chi connectivity index (χ0v) is 13.8. The van der Waals surface area contributed by atoms with Crippen LogP contribution in [0.5, 0.6) is 5.75 Å². The van der Waals surface area contributed by atoms with Crippen molar-refractivity contribution in [2.24, 2.45) is 0 Å². The fraction of sp³-hybridized carbons (Fsp3) is 0.571. The first-order valence-corrected chi connectivity index (χ1v) is 7.69. The summed E-state index contributed by atoms with van der Waals surface area (Å²) in [6, 6.07) is 6.10. The minimum atomic E-state index is 0.505. The van der Waals surface area contributed by atoms with Crippen LogP contribution in [0, 0.1) is 0 Å². The van der Waals surface area contributed by atoms with Crippen LogP contribution < -0.4 is 10.1 Å². The number of hydrogen-bond acceptors (Lipinski definition) is 3. The Bertz CT molecular complexity index is 376. The number of nitrogens with one attached hydrogen (secondary N) is 1. The van der Waals surface area contributed by atoms with Gasteiger partial charge in [0.1, 0.15) is 12.4 Å². The van der Waals surface area contributed by atoms with E-state index in [0.717, 1.165) is 17.4 Å². The van der Waals surface area contributed by atoms with Crippen LogP contribution in [0.3, 0.4) is 0 Å². The standard InChI is InChI=1S/C14H21BrClNO2/c1-3-11(2)17-6-7-18-8-9-19-14-5-4-12(15)10-13(14)16/h4-5,10-11,17H,3,6-9H2,1-2H3/t11-/m0/s1. The van der Waals surface area contributed by atoms with Gasteiger partial charge in [0.15, 0.2) is 0 Å². The molecule has 0 aliphatic carbocycles. The number of halogens is 2. The Labute approximate surface area is 128 Å². The lowest BCUT2D eigenvalue weighted by Gasteiger charge is -2.12. The summed E-state index contributed by atoms with van der Waals surface area (Å²) in [6.45, 7) is 6.96. The molecule has 0 amide bonds. The lowest BCUT2D eigenvalue weighted by Crippen LogP contribution is -2.29. The van der Waals surface area contributed by atoms with Crippen LogP contribution in [0.25, 0.3) is 0 Å². The molecule has 0 heterocycles. The van der Waals surface area contributed by atoms with Gasteiger partial charge in [-0.1, -0.05) is 34.5 Å². The van der Waals surface area contributed by atoms with Crippen LogP contribution in [-0.2, 0) is 4.74 Å². The normalized spacial score (nSPS) is 12.4. The SMILES string of the molecule is CC[C@H](C)NCCOCCOc1ccc(Br)cc1Cl. The van der Waals surface area contributed by atoms with E-state index in [1.165, 1.54) is 0 Å². The van der Waals surface area contributed by atoms with Gasteiger partial charge in [0.2, 0.25) is 0 Å². The molecular weight excluding hydrogens is 330 g/mol. The Balaban J connectivity index is 2.07. The average molecular weight is 351 g/mol. The molecule has 0 aliphatic heterocycles. The molecule has 0 radical (unpaired) electrons. The van der Waals surface area contributed by atoms with Crippen molar-refractivity contribution in [1.29, 1.82) is 0 Å². The maximum absolute atomic E-state index is 6.04. The molecule has 0 saturated carbocycles. The quantitative estimate of drug-likeness (QED) is 0.685. The Morgan fingerprint density at radius 1 is 1.32 bits per heavy atom. The van der Waals surface area contributed by atoms with E-state index in [9.17, 15) is 0 Å². The number of hydrogen-bond donors (Lipinski definition) is 1. The molecule has 1 N–H and O–H groups in total. The first-order chi connectivity index (χ1) is 9.13. The molecule has 19 heavy (non-hydrogen) atoms. The highest BCUT2D eigenvalue weighted by Gasteiger charge is 2.02. The van der Waals surface area contributed by atoms with Crippen molar-refractivity contribution in [2.75, 3.05) is 26.4 Å². The van der Waals surface area contributed by atoms with E-state index >= 15 is 0 Å². The van der Waals surface area contributed by atoms with Crippen molar-refractivity contribution in [3.8, 4) is 5.75 Å². The van der Waals surface area contributed by atoms with Crippen LogP contribution in [0.15, 0.2) is 22.7 Å². The largest absolute Gasteiger partial charge is 0.490 e. The maximum Gasteiger partial charge on any atom is 0.138 e. The zero-order valence-electron chi connectivity index (χ0n) is 11.4. The van der Waals surface area contributed by atoms with Crippen LogP contribution in [-0.4, -0.2) is 32.4 Å². The summed E-state index contributed by atoms with van der Waals surface area (Å²) in [5, 5.41) is 3.97. The molecular formula is C14H21BrClNO2. The van der Waals surface area contributed by atoms with Crippen molar-refractivity contribution >= 4 is 27.5 Å². The molecule has 108 valence electrons. The predicted molar refractivity (Wildman–Crippen MR) is 83.2 cm³/mol. The fourth-order valence-corrected chi connectivity index (χ4v) is 2.15. The molecule has 0 aliphatic rings. The summed E-state index contributed by atoms with van der Waals surface area (Å²) >= 11 is 9.39. The van der Waals surface area contributed by atoms with Gasteiger partial charge in [-0.3, -0.25) is 0 Å². The highest BCUT2D eigenvalue weighted by Crippen LogP contribution is 2.27. The summed E-state index contributed by atoms with van der Waals surface area (Å²) in [5.41, 5.74) is 0. The monoisotopic (exact) mass is 349 g/mol. The molecule has 5 heteroatoms. The van der Waals surface area contributed by atoms with E-state index in [1.54, 1.807) is 0 Å². The third kappa shape index (κ3) is 7.16. The number of benzene rings is 1. The highest BCUT2D eigenvalue weighted by molar-refractivity contribution is 9.10. The summed E-state index contributed by atoms with van der Waals surface area (Å²) in [5.74, 6) is 0.686. The number of ether oxygens (including phenoxy) is 2. The predicted octanol–water partition coefficient (Wildman–Crippen LogP) is 3.89. The maximum atomic E-state index is 6.04. The molecule has 3 nitrogen and oxygen atoms in total. The van der Waals surface area contributed by atoms with Crippen LogP contribution in [0.2, 0.25) is 5.02 Å². The lowest BCUT2D eigenvalue weighted by atomic mass is 10.3. The average Bonchev–Trinajstić information content (AvgIpc) is 2.39. The van der Waals surface area contributed by atoms with Gasteiger partial charge in [0.25, 0.3) is 0 Å². The van der Waals surface area contributed by atoms with E-state index in [4.69, 9.17) is 21.1 Å². The van der Waals surface area contributed by atoms with Crippen LogP contribution in [0.4, 0.5) is 0 Å². The molecule has 0 fully saturated rings. The van der Waals surface area contributed by atoms with Gasteiger partial charge in [-0.25, -0.2) is 0 Å². The summed E-state index contributed by atoms with van der Waals surface area (Å²) in [4.78, 5) is 0. The van der Waals surface area contributed by atoms with Crippen molar-refractivity contribution in [3.05, 3.63) is 27.7 Å². The summed E-state index contributed by atoms with van der Waals surface area (Å²) < 4.78 is 12.0. The molecule has 0 unspecified atom stereocenters. The minimum absolute atomic E-state index is 0.505. The van der Waals surface area contributed by atoms with E-state index in [1.807, 2.05) is 18.2 Å². The van der Waals surface area contributed by atoms with Gasteiger partial charge in [0.05, 0.1) is 18.2 Å². The Morgan fingerprint density at radius 3 is 2.79 bits per heavy atom. The van der Waals surface area contributed by atoms with Crippen LogP contribution in [0.1, 0.15) is 20.3 Å². The van der Waals surface area contributed by atoms with Gasteiger partial charge in [-0.05, 0) is 31.5 Å². The van der Waals surface area contributed by atoms with E-state index in [2.05, 4.69) is 35.1 Å². The van der Waals surface area contributed by atoms with Gasteiger partial charge in [-0.15, -0.1) is 0 Å². The second-order valence-corrected chi connectivity index (χ2v) is 5.62. The third-order valence-electron chi connectivity index (χ3n) is 2.73. The smallest absolute Gasteiger partial charge is 0.138 e. The second-order valence-electron chi connectivity index (χ2n) is 4.30. The fourth-order valence-electron chi connectivity index (χ4n) is 1.43. The molecule has 0 aromatic heterocycles. The van der Waals surface area contributed by atoms with Gasteiger partial charge in [-0.2, -0.15) is 0 Å². The summed E-state index contributed by atoms with van der Waals surface area (Å²) in [7, 11) is 0. The van der Waals surface area contributed by atoms with E-state index in [0.29, 0.717) is 36.6 Å². The molecule has 1 atom stereocenters. The zero-order chi connectivity index (χ0) is 14.1. The Kier molecular flexibility index (Phi) is 8.46. The molecule has 0 bridgehead atoms. The molecule has 0 saturated heterocycles. The van der Waals surface area contributed by atoms with Crippen molar-refractivity contribution in [3.63, 3.8) is 0 Å². The first-order valence-electron chi connectivity index (χ1n) is 6.52. The second kappa shape index (κ2) is 9.59. The van der Waals surface area contributed by atoms with Crippen molar-refractivity contribution < 1.29 is 9.47 Å². The van der Waals surface area contributed by atoms with Gasteiger partial charge >= 0.3 is 0 Å². The lowest BCUT2D eigenvalue weighted by molar-refractivity contribution is 0.100. The molecule has 1 aromatic carbocycles. The van der Waals surface area contributed by atoms with Gasteiger partial charge in [0, 0.05) is 17.1 Å². The molecule has 0 spiro atoms. The topological polar surface area (TPSA) is 30.5 Å². The van der Waals surface area contributed by atoms with Crippen molar-refractivity contribution in [1.82, 2.24) is 5.32 Å². The van der Waals surface area contributed by atoms with E-state index < -0.39 is 0 Å². The third-order valence-corrected chi connectivity index (χ3v) is 3.52. The number of rotatable bonds is 9. The Morgan fingerprint density at radius 2 is 2.11 bits per heavy atom. The van der Waals surface area contributed by atoms with Gasteiger partial charge < -0.3 is 14.8 Å².